The maximum atomic E-state index is 12.4. The van der Waals surface area contributed by atoms with Crippen molar-refractivity contribution in [3.05, 3.63) is 58.2 Å². The second kappa shape index (κ2) is 8.95. The highest BCUT2D eigenvalue weighted by atomic mass is 16.6. The van der Waals surface area contributed by atoms with Gasteiger partial charge in [0.1, 0.15) is 17.6 Å². The summed E-state index contributed by atoms with van der Waals surface area (Å²) in [5.74, 6) is -3.39. The second-order valence-electron chi connectivity index (χ2n) is 5.57. The molecule has 0 saturated heterocycles. The Morgan fingerprint density at radius 3 is 2.36 bits per heavy atom. The number of rotatable bonds is 8. The van der Waals surface area contributed by atoms with Crippen molar-refractivity contribution in [3.63, 3.8) is 0 Å². The Bertz CT molecular complexity index is 949. The molecule has 0 bridgehead atoms. The van der Waals surface area contributed by atoms with Gasteiger partial charge in [0.25, 0.3) is 5.69 Å². The average Bonchev–Trinajstić information content (AvgIpc) is 2.68. The van der Waals surface area contributed by atoms with Crippen LogP contribution >= 0.6 is 0 Å². The Balaban J connectivity index is 2.07. The number of nitriles is 1. The summed E-state index contributed by atoms with van der Waals surface area (Å²) >= 11 is 0. The smallest absolute Gasteiger partial charge is 0.354 e. The van der Waals surface area contributed by atoms with E-state index >= 15 is 0 Å². The highest BCUT2D eigenvalue weighted by Crippen LogP contribution is 2.17. The minimum atomic E-state index is -1.22. The number of anilines is 1. The standard InChI is InChI=1S/C17H13N5O6/c18-6-5-10(7-15(23)13-4-2-12(9-20-13)22(27)28)16(24)21-11-1-3-14(17(25)26)19-8-11/h1-4,8-10H,5,7H2,(H,21,24)(H,25,26)/t10-/m1/s1. The monoisotopic (exact) mass is 383 g/mol. The number of amides is 1. The topological polar surface area (TPSA) is 176 Å². The van der Waals surface area contributed by atoms with Crippen LogP contribution in [0.3, 0.4) is 0 Å². The van der Waals surface area contributed by atoms with E-state index < -0.39 is 28.5 Å². The molecule has 142 valence electrons. The van der Waals surface area contributed by atoms with Crippen LogP contribution in [0.2, 0.25) is 0 Å². The van der Waals surface area contributed by atoms with Gasteiger partial charge in [0, 0.05) is 18.9 Å². The van der Waals surface area contributed by atoms with Crippen LogP contribution in [0.1, 0.15) is 33.8 Å². The number of Topliss-reactive ketones (excluding diaryl/α,β-unsaturated/α-hetero) is 1. The molecule has 2 aromatic heterocycles. The van der Waals surface area contributed by atoms with Crippen molar-refractivity contribution in [1.29, 1.82) is 5.26 Å². The minimum absolute atomic E-state index is 0.0613. The Hall–Kier alpha value is -4.20. The molecule has 2 aromatic rings. The maximum absolute atomic E-state index is 12.4. The quantitative estimate of drug-likeness (QED) is 0.391. The van der Waals surface area contributed by atoms with Gasteiger partial charge in [0.2, 0.25) is 5.91 Å². The number of hydrogen-bond acceptors (Lipinski definition) is 8. The van der Waals surface area contributed by atoms with Gasteiger partial charge in [-0.15, -0.1) is 0 Å². The lowest BCUT2D eigenvalue weighted by atomic mass is 9.96. The van der Waals surface area contributed by atoms with Crippen LogP contribution in [-0.4, -0.2) is 37.7 Å². The highest BCUT2D eigenvalue weighted by molar-refractivity contribution is 6.00. The Morgan fingerprint density at radius 1 is 1.18 bits per heavy atom. The number of ketones is 1. The fourth-order valence-corrected chi connectivity index (χ4v) is 2.19. The van der Waals surface area contributed by atoms with E-state index in [1.165, 1.54) is 18.2 Å². The van der Waals surface area contributed by atoms with Crippen LogP contribution in [0.25, 0.3) is 0 Å². The number of pyridine rings is 2. The van der Waals surface area contributed by atoms with Crippen LogP contribution in [0.5, 0.6) is 0 Å². The third-order valence-corrected chi connectivity index (χ3v) is 3.63. The summed E-state index contributed by atoms with van der Waals surface area (Å²) in [6.07, 6.45) is 1.50. The van der Waals surface area contributed by atoms with Gasteiger partial charge < -0.3 is 10.4 Å². The molecule has 0 saturated carbocycles. The van der Waals surface area contributed by atoms with Gasteiger partial charge in [0.15, 0.2) is 5.78 Å². The van der Waals surface area contributed by atoms with E-state index in [2.05, 4.69) is 15.3 Å². The first-order valence-electron chi connectivity index (χ1n) is 7.82. The molecule has 0 radical (unpaired) electrons. The molecule has 2 rings (SSSR count). The SMILES string of the molecule is N#CC[C@H](CC(=O)c1ccc([N+](=O)[O-])cn1)C(=O)Nc1ccc(C(=O)O)nc1. The lowest BCUT2D eigenvalue weighted by Gasteiger charge is -2.13. The summed E-state index contributed by atoms with van der Waals surface area (Å²) in [7, 11) is 0. The fraction of sp³-hybridized carbons (Fsp3) is 0.176. The number of nitrogens with zero attached hydrogens (tertiary/aromatic N) is 4. The molecule has 11 heteroatoms. The molecule has 0 fully saturated rings. The number of nitrogens with one attached hydrogen (secondary N) is 1. The van der Waals surface area contributed by atoms with Crippen LogP contribution in [0.15, 0.2) is 36.7 Å². The number of carbonyl (C=O) groups is 3. The van der Waals surface area contributed by atoms with Gasteiger partial charge in [-0.3, -0.25) is 19.7 Å². The largest absolute Gasteiger partial charge is 0.477 e. The van der Waals surface area contributed by atoms with E-state index in [9.17, 15) is 24.5 Å². The van der Waals surface area contributed by atoms with Crippen molar-refractivity contribution in [2.75, 3.05) is 5.32 Å². The van der Waals surface area contributed by atoms with E-state index in [1.807, 2.05) is 6.07 Å². The molecule has 1 amide bonds. The predicted octanol–water partition coefficient (Wildman–Crippen LogP) is 1.82. The van der Waals surface area contributed by atoms with Crippen molar-refractivity contribution >= 4 is 29.0 Å². The maximum Gasteiger partial charge on any atom is 0.354 e. The molecule has 28 heavy (non-hydrogen) atoms. The Morgan fingerprint density at radius 2 is 1.86 bits per heavy atom. The molecule has 0 aromatic carbocycles. The summed E-state index contributed by atoms with van der Waals surface area (Å²) in [4.78, 5) is 52.8. The van der Waals surface area contributed by atoms with Crippen molar-refractivity contribution in [3.8, 4) is 6.07 Å². The molecular weight excluding hydrogens is 370 g/mol. The molecule has 1 atom stereocenters. The van der Waals surface area contributed by atoms with Crippen molar-refractivity contribution < 1.29 is 24.4 Å². The Kier molecular flexibility index (Phi) is 6.43. The number of aromatic nitrogens is 2. The lowest BCUT2D eigenvalue weighted by Crippen LogP contribution is -2.25. The molecule has 11 nitrogen and oxygen atoms in total. The summed E-state index contributed by atoms with van der Waals surface area (Å²) in [5.41, 5.74) is -0.334. The number of nitro groups is 1. The van der Waals surface area contributed by atoms with E-state index in [0.717, 1.165) is 18.5 Å². The number of hydrogen-bond donors (Lipinski definition) is 2. The van der Waals surface area contributed by atoms with Gasteiger partial charge in [-0.2, -0.15) is 5.26 Å². The average molecular weight is 383 g/mol. The first-order chi connectivity index (χ1) is 13.3. The molecule has 0 aliphatic rings. The van der Waals surface area contributed by atoms with Crippen LogP contribution < -0.4 is 5.32 Å². The minimum Gasteiger partial charge on any atom is -0.477 e. The third kappa shape index (κ3) is 5.15. The van der Waals surface area contributed by atoms with Gasteiger partial charge >= 0.3 is 5.97 Å². The second-order valence-corrected chi connectivity index (χ2v) is 5.57. The summed E-state index contributed by atoms with van der Waals surface area (Å²) < 4.78 is 0. The van der Waals surface area contributed by atoms with Crippen LogP contribution in [0.4, 0.5) is 11.4 Å². The first kappa shape index (κ1) is 20.1. The molecule has 2 N–H and O–H groups in total. The van der Waals surface area contributed by atoms with Gasteiger partial charge in [0.05, 0.1) is 28.8 Å². The van der Waals surface area contributed by atoms with Crippen molar-refractivity contribution in [2.45, 2.75) is 12.8 Å². The molecular formula is C17H13N5O6. The number of carboxylic acid groups (broad SMARTS) is 1. The van der Waals surface area contributed by atoms with Crippen LogP contribution in [0, 0.1) is 27.4 Å². The number of carbonyl (C=O) groups excluding carboxylic acids is 2. The fourth-order valence-electron chi connectivity index (χ4n) is 2.19. The zero-order valence-electron chi connectivity index (χ0n) is 14.2. The van der Waals surface area contributed by atoms with E-state index in [1.54, 1.807) is 0 Å². The lowest BCUT2D eigenvalue weighted by molar-refractivity contribution is -0.385. The molecule has 0 unspecified atom stereocenters. The zero-order valence-corrected chi connectivity index (χ0v) is 14.2. The summed E-state index contributed by atoms with van der Waals surface area (Å²) in [5, 5.41) is 30.8. The first-order valence-corrected chi connectivity index (χ1v) is 7.82. The van der Waals surface area contributed by atoms with Gasteiger partial charge in [-0.05, 0) is 18.2 Å². The van der Waals surface area contributed by atoms with Crippen molar-refractivity contribution in [2.24, 2.45) is 5.92 Å². The number of aromatic carboxylic acids is 1. The Labute approximate surface area is 157 Å². The highest BCUT2D eigenvalue weighted by Gasteiger charge is 2.24. The van der Waals surface area contributed by atoms with Gasteiger partial charge in [-0.25, -0.2) is 14.8 Å². The number of carboxylic acids is 1. The predicted molar refractivity (Wildman–Crippen MR) is 93.4 cm³/mol. The third-order valence-electron chi connectivity index (χ3n) is 3.63. The summed E-state index contributed by atoms with van der Waals surface area (Å²) in [6.45, 7) is 0. The van der Waals surface area contributed by atoms with E-state index in [0.29, 0.717) is 0 Å². The van der Waals surface area contributed by atoms with Gasteiger partial charge in [-0.1, -0.05) is 0 Å². The normalized spacial score (nSPS) is 11.1. The molecule has 2 heterocycles. The molecule has 0 spiro atoms. The molecule has 0 aliphatic heterocycles. The van der Waals surface area contributed by atoms with E-state index in [-0.39, 0.29) is 35.6 Å². The molecule has 0 aliphatic carbocycles. The van der Waals surface area contributed by atoms with Crippen LogP contribution in [-0.2, 0) is 4.79 Å². The zero-order chi connectivity index (χ0) is 20.7. The van der Waals surface area contributed by atoms with E-state index in [4.69, 9.17) is 10.4 Å². The van der Waals surface area contributed by atoms with Crippen molar-refractivity contribution in [1.82, 2.24) is 9.97 Å². The summed E-state index contributed by atoms with van der Waals surface area (Å²) in [6, 6.07) is 6.65.